The van der Waals surface area contributed by atoms with Crippen molar-refractivity contribution in [3.05, 3.63) is 27.9 Å². The quantitative estimate of drug-likeness (QED) is 0.882. The Balaban J connectivity index is 1.46. The molecule has 2 N–H and O–H groups in total. The number of aromatic amines is 1. The molecule has 0 bridgehead atoms. The van der Waals surface area contributed by atoms with Gasteiger partial charge in [0.15, 0.2) is 0 Å². The van der Waals surface area contributed by atoms with Gasteiger partial charge in [0.1, 0.15) is 5.82 Å². The highest BCUT2D eigenvalue weighted by atomic mass is 16.2. The molecule has 23 heavy (non-hydrogen) atoms. The first kappa shape index (κ1) is 14.4. The second-order valence-corrected chi connectivity index (χ2v) is 6.82. The highest BCUT2D eigenvalue weighted by molar-refractivity contribution is 5.78. The molecule has 2 heterocycles. The van der Waals surface area contributed by atoms with Crippen molar-refractivity contribution in [2.75, 3.05) is 0 Å². The molecule has 2 fully saturated rings. The van der Waals surface area contributed by atoms with Crippen LogP contribution in [0.25, 0.3) is 5.78 Å². The Hall–Kier alpha value is -2.18. The minimum atomic E-state index is -0.212. The number of fused-ring (bicyclic) bond motifs is 2. The Morgan fingerprint density at radius 2 is 2.22 bits per heavy atom. The molecule has 0 aliphatic heterocycles. The fourth-order valence-corrected chi connectivity index (χ4v) is 4.27. The molecule has 2 aliphatic rings. The number of aromatic nitrogens is 4. The summed E-state index contributed by atoms with van der Waals surface area (Å²) in [5.41, 5.74) is 0.409. The third kappa shape index (κ3) is 2.64. The Kier molecular flexibility index (Phi) is 3.43. The zero-order valence-electron chi connectivity index (χ0n) is 13.2. The molecule has 7 heteroatoms. The van der Waals surface area contributed by atoms with Gasteiger partial charge in [0.2, 0.25) is 5.91 Å². The first-order valence-corrected chi connectivity index (χ1v) is 8.35. The van der Waals surface area contributed by atoms with Crippen molar-refractivity contribution < 1.29 is 4.79 Å². The van der Waals surface area contributed by atoms with E-state index in [0.717, 1.165) is 12.3 Å². The second kappa shape index (κ2) is 5.47. The van der Waals surface area contributed by atoms with E-state index in [4.69, 9.17) is 0 Å². The maximum atomic E-state index is 12.3. The van der Waals surface area contributed by atoms with Crippen LogP contribution in [0.5, 0.6) is 0 Å². The molecule has 3 atom stereocenters. The highest BCUT2D eigenvalue weighted by Gasteiger charge is 2.39. The molecule has 2 aromatic rings. The minimum absolute atomic E-state index is 0.0358. The van der Waals surface area contributed by atoms with Gasteiger partial charge in [-0.15, -0.1) is 0 Å². The van der Waals surface area contributed by atoms with Crippen molar-refractivity contribution in [3.8, 4) is 0 Å². The molecule has 2 aliphatic carbocycles. The van der Waals surface area contributed by atoms with E-state index in [9.17, 15) is 9.59 Å². The fraction of sp³-hybridized carbons (Fsp3) is 0.625. The fourth-order valence-electron chi connectivity index (χ4n) is 4.27. The van der Waals surface area contributed by atoms with Crippen LogP contribution >= 0.6 is 0 Å². The van der Waals surface area contributed by atoms with Crippen molar-refractivity contribution in [1.29, 1.82) is 0 Å². The Labute approximate surface area is 133 Å². The van der Waals surface area contributed by atoms with Crippen LogP contribution in [0.15, 0.2) is 10.9 Å². The number of carbonyl (C=O) groups excluding carboxylic acids is 1. The zero-order valence-corrected chi connectivity index (χ0v) is 13.2. The van der Waals surface area contributed by atoms with Crippen LogP contribution < -0.4 is 10.9 Å². The van der Waals surface area contributed by atoms with Gasteiger partial charge in [-0.05, 0) is 38.0 Å². The number of nitrogens with one attached hydrogen (secondary N) is 2. The van der Waals surface area contributed by atoms with E-state index in [1.807, 2.05) is 0 Å². The van der Waals surface area contributed by atoms with E-state index in [1.54, 1.807) is 6.92 Å². The summed E-state index contributed by atoms with van der Waals surface area (Å²) in [6.45, 7) is 1.75. The summed E-state index contributed by atoms with van der Waals surface area (Å²) in [5.74, 6) is 2.21. The number of aryl methyl sites for hydroxylation is 1. The first-order valence-electron chi connectivity index (χ1n) is 8.35. The number of nitrogens with zero attached hydrogens (tertiary/aromatic N) is 3. The lowest BCUT2D eigenvalue weighted by Crippen LogP contribution is -2.38. The van der Waals surface area contributed by atoms with Crippen LogP contribution in [0.4, 0.5) is 0 Å². The molecule has 0 saturated heterocycles. The molecule has 7 nitrogen and oxygen atoms in total. The van der Waals surface area contributed by atoms with Gasteiger partial charge in [0.05, 0.1) is 6.42 Å². The van der Waals surface area contributed by atoms with Crippen LogP contribution in [-0.4, -0.2) is 31.5 Å². The molecule has 0 unspecified atom stereocenters. The van der Waals surface area contributed by atoms with Crippen molar-refractivity contribution in [2.45, 2.75) is 51.5 Å². The van der Waals surface area contributed by atoms with E-state index in [2.05, 4.69) is 20.4 Å². The van der Waals surface area contributed by atoms with Gasteiger partial charge in [0, 0.05) is 17.8 Å². The Morgan fingerprint density at radius 1 is 1.35 bits per heavy atom. The topological polar surface area (TPSA) is 92.1 Å². The lowest BCUT2D eigenvalue weighted by Gasteiger charge is -2.19. The maximum absolute atomic E-state index is 12.3. The zero-order chi connectivity index (χ0) is 16.0. The predicted molar refractivity (Wildman–Crippen MR) is 84.0 cm³/mol. The third-order valence-corrected chi connectivity index (χ3v) is 5.26. The summed E-state index contributed by atoms with van der Waals surface area (Å²) in [7, 11) is 0. The average Bonchev–Trinajstić information content (AvgIpc) is 3.15. The normalized spacial score (nSPS) is 26.6. The summed E-state index contributed by atoms with van der Waals surface area (Å²) in [6.07, 6.45) is 6.31. The van der Waals surface area contributed by atoms with Crippen LogP contribution in [0.2, 0.25) is 0 Å². The Morgan fingerprint density at radius 3 is 3.09 bits per heavy atom. The van der Waals surface area contributed by atoms with Crippen molar-refractivity contribution in [2.24, 2.45) is 11.8 Å². The second-order valence-electron chi connectivity index (χ2n) is 6.82. The molecule has 2 saturated carbocycles. The maximum Gasteiger partial charge on any atom is 0.274 e. The van der Waals surface area contributed by atoms with Crippen molar-refractivity contribution in [3.63, 3.8) is 0 Å². The van der Waals surface area contributed by atoms with E-state index < -0.39 is 0 Å². The number of H-pyrrole nitrogens is 1. The van der Waals surface area contributed by atoms with E-state index in [1.165, 1.54) is 36.3 Å². The summed E-state index contributed by atoms with van der Waals surface area (Å²) in [5, 5.41) is 6.03. The SMILES string of the molecule is Cc1cc(=O)n2[nH]c(CC(=O)N[C@H]3CC[C@@H]4CCC[C@@H]43)nc2n1. The summed E-state index contributed by atoms with van der Waals surface area (Å²) in [6, 6.07) is 1.75. The summed E-state index contributed by atoms with van der Waals surface area (Å²) >= 11 is 0. The van der Waals surface area contributed by atoms with Crippen LogP contribution in [0.3, 0.4) is 0 Å². The van der Waals surface area contributed by atoms with Crippen molar-refractivity contribution >= 4 is 11.7 Å². The van der Waals surface area contributed by atoms with E-state index >= 15 is 0 Å². The van der Waals surface area contributed by atoms with Crippen LogP contribution in [-0.2, 0) is 11.2 Å². The smallest absolute Gasteiger partial charge is 0.274 e. The molecule has 0 aromatic carbocycles. The van der Waals surface area contributed by atoms with Gasteiger partial charge in [-0.2, -0.15) is 9.50 Å². The first-order chi connectivity index (χ1) is 11.1. The summed E-state index contributed by atoms with van der Waals surface area (Å²) in [4.78, 5) is 32.6. The van der Waals surface area contributed by atoms with Gasteiger partial charge in [-0.1, -0.05) is 12.8 Å². The lowest BCUT2D eigenvalue weighted by molar-refractivity contribution is -0.121. The monoisotopic (exact) mass is 315 g/mol. The van der Waals surface area contributed by atoms with Gasteiger partial charge in [-0.3, -0.25) is 14.7 Å². The minimum Gasteiger partial charge on any atom is -0.353 e. The van der Waals surface area contributed by atoms with E-state index in [0.29, 0.717) is 29.3 Å². The largest absolute Gasteiger partial charge is 0.353 e. The number of hydrogen-bond donors (Lipinski definition) is 2. The lowest BCUT2D eigenvalue weighted by atomic mass is 9.97. The molecule has 1 amide bonds. The summed E-state index contributed by atoms with van der Waals surface area (Å²) < 4.78 is 1.28. The molecule has 4 rings (SSSR count). The molecule has 0 radical (unpaired) electrons. The molecule has 2 aromatic heterocycles. The van der Waals surface area contributed by atoms with Gasteiger partial charge in [-0.25, -0.2) is 4.98 Å². The van der Waals surface area contributed by atoms with Gasteiger partial charge >= 0.3 is 0 Å². The molecule has 0 spiro atoms. The molecule has 122 valence electrons. The van der Waals surface area contributed by atoms with Gasteiger partial charge in [0.25, 0.3) is 11.3 Å². The third-order valence-electron chi connectivity index (χ3n) is 5.26. The molecular weight excluding hydrogens is 294 g/mol. The van der Waals surface area contributed by atoms with Crippen molar-refractivity contribution in [1.82, 2.24) is 24.9 Å². The standard InChI is InChI=1S/C16H21N5O2/c1-9-7-15(23)21-16(17-9)19-13(20-21)8-14(22)18-12-6-5-10-3-2-4-11(10)12/h7,10-12H,2-6,8H2,1H3,(H,18,22)(H,17,19,20)/t10-,11-,12-/m0/s1. The Bertz CT molecular complexity index is 808. The van der Waals surface area contributed by atoms with Gasteiger partial charge < -0.3 is 5.32 Å². The average molecular weight is 315 g/mol. The predicted octanol–water partition coefficient (Wildman–Crippen LogP) is 0.963. The van der Waals surface area contributed by atoms with Crippen LogP contribution in [0, 0.1) is 18.8 Å². The number of rotatable bonds is 3. The number of carbonyl (C=O) groups is 1. The number of hydrogen-bond acceptors (Lipinski definition) is 4. The molecular formula is C16H21N5O2. The number of amides is 1. The highest BCUT2D eigenvalue weighted by Crippen LogP contribution is 2.43. The van der Waals surface area contributed by atoms with E-state index in [-0.39, 0.29) is 17.9 Å². The van der Waals surface area contributed by atoms with Crippen LogP contribution in [0.1, 0.15) is 43.6 Å².